The third-order valence-corrected chi connectivity index (χ3v) is 3.47. The number of benzene rings is 1. The van der Waals surface area contributed by atoms with E-state index in [-0.39, 0.29) is 5.54 Å². The van der Waals surface area contributed by atoms with E-state index in [9.17, 15) is 0 Å². The quantitative estimate of drug-likeness (QED) is 0.864. The molecular formula is C15H23NO. The van der Waals surface area contributed by atoms with E-state index in [1.807, 2.05) is 6.07 Å². The van der Waals surface area contributed by atoms with Crippen molar-refractivity contribution < 1.29 is 4.74 Å². The second kappa shape index (κ2) is 4.34. The van der Waals surface area contributed by atoms with Gasteiger partial charge in [-0.1, -0.05) is 39.0 Å². The highest BCUT2D eigenvalue weighted by molar-refractivity contribution is 5.40. The lowest BCUT2D eigenvalue weighted by Crippen LogP contribution is -2.55. The molecule has 1 atom stereocenters. The zero-order valence-corrected chi connectivity index (χ0v) is 11.3. The topological polar surface area (TPSA) is 21.3 Å². The van der Waals surface area contributed by atoms with Gasteiger partial charge in [0.15, 0.2) is 0 Å². The van der Waals surface area contributed by atoms with Gasteiger partial charge < -0.3 is 10.1 Å². The summed E-state index contributed by atoms with van der Waals surface area (Å²) in [6.45, 7) is 7.99. The Balaban J connectivity index is 2.34. The molecule has 2 heteroatoms. The van der Waals surface area contributed by atoms with Crippen LogP contribution in [0.1, 0.15) is 39.2 Å². The number of methoxy groups -OCH3 is 1. The van der Waals surface area contributed by atoms with Gasteiger partial charge in [-0.2, -0.15) is 0 Å². The fourth-order valence-corrected chi connectivity index (χ4v) is 2.85. The van der Waals surface area contributed by atoms with Crippen LogP contribution in [-0.4, -0.2) is 13.7 Å². The second-order valence-corrected chi connectivity index (χ2v) is 6.20. The second-order valence-electron chi connectivity index (χ2n) is 6.20. The Hall–Kier alpha value is -1.02. The summed E-state index contributed by atoms with van der Waals surface area (Å²) in [5.41, 5.74) is 1.74. The van der Waals surface area contributed by atoms with Crippen molar-refractivity contribution in [2.75, 3.05) is 13.7 Å². The van der Waals surface area contributed by atoms with Crippen LogP contribution in [0, 0.1) is 5.41 Å². The molecule has 1 unspecified atom stereocenters. The van der Waals surface area contributed by atoms with E-state index in [2.05, 4.69) is 44.3 Å². The highest BCUT2D eigenvalue weighted by Gasteiger charge is 2.42. The van der Waals surface area contributed by atoms with Gasteiger partial charge in [0.2, 0.25) is 0 Å². The first-order valence-electron chi connectivity index (χ1n) is 6.35. The van der Waals surface area contributed by atoms with Crippen LogP contribution in [-0.2, 0) is 5.54 Å². The largest absolute Gasteiger partial charge is 0.496 e. The van der Waals surface area contributed by atoms with E-state index < -0.39 is 0 Å². The summed E-state index contributed by atoms with van der Waals surface area (Å²) < 4.78 is 5.50. The Labute approximate surface area is 104 Å². The number of hydrogen-bond acceptors (Lipinski definition) is 2. The van der Waals surface area contributed by atoms with Crippen LogP contribution in [0.5, 0.6) is 5.75 Å². The van der Waals surface area contributed by atoms with Crippen molar-refractivity contribution in [3.05, 3.63) is 29.8 Å². The zero-order valence-electron chi connectivity index (χ0n) is 11.3. The lowest BCUT2D eigenvalue weighted by Gasteiger charge is -2.47. The Morgan fingerprint density at radius 3 is 2.41 bits per heavy atom. The van der Waals surface area contributed by atoms with Crippen LogP contribution in [0.25, 0.3) is 0 Å². The van der Waals surface area contributed by atoms with Gasteiger partial charge in [-0.15, -0.1) is 0 Å². The summed E-state index contributed by atoms with van der Waals surface area (Å²) in [4.78, 5) is 0. The summed E-state index contributed by atoms with van der Waals surface area (Å²) in [5, 5.41) is 3.63. The van der Waals surface area contributed by atoms with E-state index in [0.29, 0.717) is 5.41 Å². The van der Waals surface area contributed by atoms with E-state index >= 15 is 0 Å². The molecule has 1 aromatic rings. The Kier molecular flexibility index (Phi) is 3.17. The molecule has 1 fully saturated rings. The maximum Gasteiger partial charge on any atom is 0.123 e. The third kappa shape index (κ3) is 2.47. The number of rotatable bonds is 3. The summed E-state index contributed by atoms with van der Waals surface area (Å²) in [7, 11) is 1.75. The monoisotopic (exact) mass is 233 g/mol. The maximum absolute atomic E-state index is 5.50. The average molecular weight is 233 g/mol. The van der Waals surface area contributed by atoms with Crippen molar-refractivity contribution in [1.82, 2.24) is 5.32 Å². The molecule has 1 aliphatic rings. The zero-order chi connectivity index (χ0) is 12.5. The maximum atomic E-state index is 5.50. The Morgan fingerprint density at radius 2 is 1.94 bits per heavy atom. The van der Waals surface area contributed by atoms with Crippen LogP contribution in [0.2, 0.25) is 0 Å². The van der Waals surface area contributed by atoms with Crippen LogP contribution >= 0.6 is 0 Å². The van der Waals surface area contributed by atoms with Gasteiger partial charge >= 0.3 is 0 Å². The fourth-order valence-electron chi connectivity index (χ4n) is 2.85. The molecule has 1 aromatic carbocycles. The molecule has 1 N–H and O–H groups in total. The molecule has 0 saturated carbocycles. The average Bonchev–Trinajstić information content (AvgIpc) is 2.22. The van der Waals surface area contributed by atoms with Crippen molar-refractivity contribution in [1.29, 1.82) is 0 Å². The molecule has 0 aliphatic carbocycles. The molecule has 94 valence electrons. The minimum absolute atomic E-state index is 0.116. The van der Waals surface area contributed by atoms with Gasteiger partial charge in [-0.3, -0.25) is 0 Å². The van der Waals surface area contributed by atoms with Crippen molar-refractivity contribution in [2.45, 2.75) is 39.2 Å². The molecule has 0 aromatic heterocycles. The first-order chi connectivity index (χ1) is 7.97. The first-order valence-corrected chi connectivity index (χ1v) is 6.35. The van der Waals surface area contributed by atoms with Gasteiger partial charge in [0.25, 0.3) is 0 Å². The van der Waals surface area contributed by atoms with Gasteiger partial charge in [0.05, 0.1) is 7.11 Å². The molecule has 0 amide bonds. The van der Waals surface area contributed by atoms with Gasteiger partial charge in [0.1, 0.15) is 5.75 Å². The molecule has 0 radical (unpaired) electrons. The fraction of sp³-hybridized carbons (Fsp3) is 0.600. The molecule has 2 nitrogen and oxygen atoms in total. The van der Waals surface area contributed by atoms with Crippen molar-refractivity contribution in [3.63, 3.8) is 0 Å². The van der Waals surface area contributed by atoms with E-state index in [4.69, 9.17) is 4.74 Å². The first kappa shape index (κ1) is 12.4. The van der Waals surface area contributed by atoms with Gasteiger partial charge in [-0.25, -0.2) is 0 Å². The molecule has 0 spiro atoms. The van der Waals surface area contributed by atoms with E-state index in [1.54, 1.807) is 7.11 Å². The predicted octanol–water partition coefficient (Wildman–Crippen LogP) is 3.32. The number of para-hydroxylation sites is 1. The lowest BCUT2D eigenvalue weighted by molar-refractivity contribution is 0.128. The summed E-state index contributed by atoms with van der Waals surface area (Å²) in [6, 6.07) is 8.38. The minimum atomic E-state index is 0.116. The normalized spacial score (nSPS) is 24.2. The molecule has 1 aliphatic heterocycles. The standard InChI is InChI=1S/C15H23NO/c1-14(2,3)11-15(9-10-16-15)12-7-5-6-8-13(12)17-4/h5-8,16H,9-11H2,1-4H3. The van der Waals surface area contributed by atoms with Crippen LogP contribution in [0.15, 0.2) is 24.3 Å². The third-order valence-electron chi connectivity index (χ3n) is 3.47. The number of ether oxygens (including phenoxy) is 1. The molecule has 17 heavy (non-hydrogen) atoms. The summed E-state index contributed by atoms with van der Waals surface area (Å²) in [6.07, 6.45) is 2.34. The molecule has 1 heterocycles. The Morgan fingerprint density at radius 1 is 1.29 bits per heavy atom. The minimum Gasteiger partial charge on any atom is -0.496 e. The van der Waals surface area contributed by atoms with E-state index in [0.717, 1.165) is 18.7 Å². The summed E-state index contributed by atoms with van der Waals surface area (Å²) >= 11 is 0. The number of hydrogen-bond donors (Lipinski definition) is 1. The molecular weight excluding hydrogens is 210 g/mol. The van der Waals surface area contributed by atoms with Crippen LogP contribution < -0.4 is 10.1 Å². The Bertz CT molecular complexity index is 388. The SMILES string of the molecule is COc1ccccc1C1(CC(C)(C)C)CCN1. The van der Waals surface area contributed by atoms with Gasteiger partial charge in [-0.05, 0) is 30.9 Å². The smallest absolute Gasteiger partial charge is 0.123 e. The van der Waals surface area contributed by atoms with Crippen LogP contribution in [0.4, 0.5) is 0 Å². The number of nitrogens with one attached hydrogen (secondary N) is 1. The molecule has 1 saturated heterocycles. The van der Waals surface area contributed by atoms with Crippen molar-refractivity contribution >= 4 is 0 Å². The highest BCUT2D eigenvalue weighted by Crippen LogP contribution is 2.44. The summed E-state index contributed by atoms with van der Waals surface area (Å²) in [5.74, 6) is 1.00. The predicted molar refractivity (Wildman–Crippen MR) is 71.4 cm³/mol. The van der Waals surface area contributed by atoms with Crippen LogP contribution in [0.3, 0.4) is 0 Å². The highest BCUT2D eigenvalue weighted by atomic mass is 16.5. The molecule has 0 bridgehead atoms. The lowest BCUT2D eigenvalue weighted by atomic mass is 9.70. The van der Waals surface area contributed by atoms with Crippen molar-refractivity contribution in [3.8, 4) is 5.75 Å². The van der Waals surface area contributed by atoms with E-state index in [1.165, 1.54) is 12.0 Å². The van der Waals surface area contributed by atoms with Gasteiger partial charge in [0, 0.05) is 11.1 Å². The van der Waals surface area contributed by atoms with Crippen molar-refractivity contribution in [2.24, 2.45) is 5.41 Å². The molecule has 2 rings (SSSR count).